The molecular formula is C10H11BrOS. The summed E-state index contributed by atoms with van der Waals surface area (Å²) < 4.78 is 1.04. The maximum atomic E-state index is 9.25. The zero-order chi connectivity index (χ0) is 9.26. The highest BCUT2D eigenvalue weighted by atomic mass is 79.9. The molecule has 0 spiro atoms. The Morgan fingerprint density at radius 1 is 1.46 bits per heavy atom. The molecule has 0 saturated carbocycles. The number of aromatic hydroxyl groups is 1. The van der Waals surface area contributed by atoms with Crippen molar-refractivity contribution in [2.45, 2.75) is 12.3 Å². The van der Waals surface area contributed by atoms with Crippen molar-refractivity contribution in [3.63, 3.8) is 0 Å². The number of hydrogen-bond donors (Lipinski definition) is 1. The highest BCUT2D eigenvalue weighted by Gasteiger charge is 2.19. The first kappa shape index (κ1) is 9.41. The van der Waals surface area contributed by atoms with E-state index in [1.165, 1.54) is 23.5 Å². The molecule has 0 aliphatic carbocycles. The van der Waals surface area contributed by atoms with E-state index in [1.54, 1.807) is 12.1 Å². The van der Waals surface area contributed by atoms with E-state index in [9.17, 15) is 5.11 Å². The van der Waals surface area contributed by atoms with Crippen molar-refractivity contribution in [2.24, 2.45) is 0 Å². The van der Waals surface area contributed by atoms with Gasteiger partial charge in [0.15, 0.2) is 0 Å². The van der Waals surface area contributed by atoms with E-state index < -0.39 is 0 Å². The van der Waals surface area contributed by atoms with Gasteiger partial charge in [-0.2, -0.15) is 11.8 Å². The average molecular weight is 259 g/mol. The van der Waals surface area contributed by atoms with Crippen molar-refractivity contribution in [1.82, 2.24) is 0 Å². The van der Waals surface area contributed by atoms with Crippen molar-refractivity contribution >= 4 is 27.7 Å². The molecule has 13 heavy (non-hydrogen) atoms. The number of hydrogen-bond acceptors (Lipinski definition) is 2. The molecule has 1 atom stereocenters. The highest BCUT2D eigenvalue weighted by molar-refractivity contribution is 9.10. The highest BCUT2D eigenvalue weighted by Crippen LogP contribution is 2.37. The van der Waals surface area contributed by atoms with E-state index in [0.717, 1.165) is 4.47 Å². The summed E-state index contributed by atoms with van der Waals surface area (Å²) in [4.78, 5) is 0. The minimum atomic E-state index is 0.335. The van der Waals surface area contributed by atoms with Crippen LogP contribution in [-0.2, 0) is 0 Å². The SMILES string of the molecule is Oc1ccc(C2CCSC2)c(Br)c1. The zero-order valence-electron chi connectivity index (χ0n) is 7.16. The van der Waals surface area contributed by atoms with Crippen LogP contribution in [-0.4, -0.2) is 16.6 Å². The van der Waals surface area contributed by atoms with Crippen LogP contribution in [0.15, 0.2) is 22.7 Å². The topological polar surface area (TPSA) is 20.2 Å². The van der Waals surface area contributed by atoms with E-state index in [-0.39, 0.29) is 0 Å². The van der Waals surface area contributed by atoms with Crippen molar-refractivity contribution in [1.29, 1.82) is 0 Å². The van der Waals surface area contributed by atoms with Gasteiger partial charge in [-0.1, -0.05) is 22.0 Å². The van der Waals surface area contributed by atoms with E-state index in [1.807, 2.05) is 17.8 Å². The molecule has 70 valence electrons. The van der Waals surface area contributed by atoms with Crippen LogP contribution in [0.2, 0.25) is 0 Å². The summed E-state index contributed by atoms with van der Waals surface area (Å²) in [6.07, 6.45) is 1.26. The lowest BCUT2D eigenvalue weighted by Gasteiger charge is -2.10. The van der Waals surface area contributed by atoms with Crippen molar-refractivity contribution in [3.8, 4) is 5.75 Å². The molecule has 3 heteroatoms. The summed E-state index contributed by atoms with van der Waals surface area (Å²) in [5.74, 6) is 3.47. The fraction of sp³-hybridized carbons (Fsp3) is 0.400. The van der Waals surface area contributed by atoms with Crippen LogP contribution in [0.25, 0.3) is 0 Å². The molecule has 0 amide bonds. The summed E-state index contributed by atoms with van der Waals surface area (Å²) in [6, 6.07) is 5.57. The Hall–Kier alpha value is -0.150. The third-order valence-electron chi connectivity index (χ3n) is 2.35. The maximum absolute atomic E-state index is 9.25. The predicted octanol–water partition coefficient (Wildman–Crippen LogP) is 3.38. The van der Waals surface area contributed by atoms with Crippen LogP contribution in [0, 0.1) is 0 Å². The molecule has 1 fully saturated rings. The summed E-state index contributed by atoms with van der Waals surface area (Å²) in [5, 5.41) is 9.25. The van der Waals surface area contributed by atoms with Crippen molar-refractivity contribution < 1.29 is 5.11 Å². The zero-order valence-corrected chi connectivity index (χ0v) is 9.57. The standard InChI is InChI=1S/C10H11BrOS/c11-10-5-8(12)1-2-9(10)7-3-4-13-6-7/h1-2,5,7,12H,3-4,6H2. The van der Waals surface area contributed by atoms with Gasteiger partial charge < -0.3 is 5.11 Å². The number of phenols is 1. The summed E-state index contributed by atoms with van der Waals surface area (Å²) in [7, 11) is 0. The second kappa shape index (κ2) is 3.93. The minimum absolute atomic E-state index is 0.335. The predicted molar refractivity (Wildman–Crippen MR) is 60.5 cm³/mol. The minimum Gasteiger partial charge on any atom is -0.508 e. The molecule has 1 heterocycles. The molecule has 1 N–H and O–H groups in total. The van der Waals surface area contributed by atoms with E-state index in [4.69, 9.17) is 0 Å². The van der Waals surface area contributed by atoms with E-state index in [0.29, 0.717) is 11.7 Å². The van der Waals surface area contributed by atoms with E-state index >= 15 is 0 Å². The number of halogens is 1. The molecule has 1 aromatic carbocycles. The van der Waals surface area contributed by atoms with Gasteiger partial charge in [0, 0.05) is 10.2 Å². The number of rotatable bonds is 1. The fourth-order valence-electron chi connectivity index (χ4n) is 1.63. The molecule has 1 aromatic rings. The Labute approximate surface area is 90.7 Å². The molecule has 2 rings (SSSR count). The van der Waals surface area contributed by atoms with Crippen LogP contribution >= 0.6 is 27.7 Å². The Kier molecular flexibility index (Phi) is 2.84. The number of benzene rings is 1. The van der Waals surface area contributed by atoms with Crippen LogP contribution in [0.3, 0.4) is 0 Å². The molecule has 0 radical (unpaired) electrons. The van der Waals surface area contributed by atoms with Gasteiger partial charge in [-0.25, -0.2) is 0 Å². The lowest BCUT2D eigenvalue weighted by molar-refractivity contribution is 0.474. The lowest BCUT2D eigenvalue weighted by Crippen LogP contribution is -1.96. The molecule has 1 nitrogen and oxygen atoms in total. The quantitative estimate of drug-likeness (QED) is 0.834. The Balaban J connectivity index is 2.29. The fourth-order valence-corrected chi connectivity index (χ4v) is 3.57. The third-order valence-corrected chi connectivity index (χ3v) is 4.20. The molecule has 1 aliphatic heterocycles. The van der Waals surface area contributed by atoms with Crippen LogP contribution in [0.5, 0.6) is 5.75 Å². The van der Waals surface area contributed by atoms with Gasteiger partial charge in [-0.15, -0.1) is 0 Å². The first-order chi connectivity index (χ1) is 6.27. The molecule has 0 aromatic heterocycles. The molecule has 1 unspecified atom stereocenters. The number of thioether (sulfide) groups is 1. The number of phenolic OH excluding ortho intramolecular Hbond substituents is 1. The average Bonchev–Trinajstić information content (AvgIpc) is 2.56. The van der Waals surface area contributed by atoms with Gasteiger partial charge in [0.2, 0.25) is 0 Å². The maximum Gasteiger partial charge on any atom is 0.116 e. The first-order valence-corrected chi connectivity index (χ1v) is 6.28. The lowest BCUT2D eigenvalue weighted by atomic mass is 9.99. The monoisotopic (exact) mass is 258 g/mol. The molecule has 1 saturated heterocycles. The van der Waals surface area contributed by atoms with Gasteiger partial charge in [-0.05, 0) is 35.8 Å². The summed E-state index contributed by atoms with van der Waals surface area (Å²) in [5.41, 5.74) is 1.34. The Morgan fingerprint density at radius 2 is 2.31 bits per heavy atom. The van der Waals surface area contributed by atoms with Crippen LogP contribution in [0.4, 0.5) is 0 Å². The normalized spacial score (nSPS) is 22.1. The Morgan fingerprint density at radius 3 is 2.92 bits per heavy atom. The van der Waals surface area contributed by atoms with Crippen molar-refractivity contribution in [3.05, 3.63) is 28.2 Å². The molecular weight excluding hydrogens is 248 g/mol. The molecule has 1 aliphatic rings. The Bertz CT molecular complexity index is 308. The van der Waals surface area contributed by atoms with Gasteiger partial charge in [0.05, 0.1) is 0 Å². The second-order valence-corrected chi connectivity index (χ2v) is 5.27. The second-order valence-electron chi connectivity index (χ2n) is 3.27. The van der Waals surface area contributed by atoms with Gasteiger partial charge in [-0.3, -0.25) is 0 Å². The third kappa shape index (κ3) is 2.02. The van der Waals surface area contributed by atoms with Crippen LogP contribution < -0.4 is 0 Å². The first-order valence-electron chi connectivity index (χ1n) is 4.33. The van der Waals surface area contributed by atoms with Gasteiger partial charge in [0.25, 0.3) is 0 Å². The summed E-state index contributed by atoms with van der Waals surface area (Å²) in [6.45, 7) is 0. The van der Waals surface area contributed by atoms with E-state index in [2.05, 4.69) is 15.9 Å². The van der Waals surface area contributed by atoms with Gasteiger partial charge >= 0.3 is 0 Å². The van der Waals surface area contributed by atoms with Crippen LogP contribution in [0.1, 0.15) is 17.9 Å². The largest absolute Gasteiger partial charge is 0.508 e. The van der Waals surface area contributed by atoms with Gasteiger partial charge in [0.1, 0.15) is 5.75 Å². The molecule has 0 bridgehead atoms. The van der Waals surface area contributed by atoms with Crippen molar-refractivity contribution in [2.75, 3.05) is 11.5 Å². The smallest absolute Gasteiger partial charge is 0.116 e. The summed E-state index contributed by atoms with van der Waals surface area (Å²) >= 11 is 5.49.